The van der Waals surface area contributed by atoms with E-state index in [1.165, 1.54) is 0 Å². The van der Waals surface area contributed by atoms with E-state index in [1.807, 2.05) is 13.8 Å². The van der Waals surface area contributed by atoms with E-state index in [0.717, 1.165) is 0 Å². The van der Waals surface area contributed by atoms with Crippen LogP contribution in [0, 0.1) is 5.92 Å². The van der Waals surface area contributed by atoms with Crippen LogP contribution in [-0.2, 0) is 9.62 Å². The minimum absolute atomic E-state index is 0.254. The van der Waals surface area contributed by atoms with Gasteiger partial charge in [-0.1, -0.05) is 13.8 Å². The normalized spacial score (nSPS) is 9.33. The third-order valence-corrected chi connectivity index (χ3v) is 0.609. The Bertz CT molecular complexity index is 89.0. The van der Waals surface area contributed by atoms with Crippen LogP contribution in [0.3, 0.4) is 0 Å². The fraction of sp³-hybridized carbons (Fsp3) is 0.800. The predicted molar refractivity (Wildman–Crippen MR) is 29.9 cm³/mol. The van der Waals surface area contributed by atoms with Gasteiger partial charge in [0, 0.05) is 0 Å². The molecule has 0 aromatic rings. The molecule has 0 aromatic heterocycles. The van der Waals surface area contributed by atoms with E-state index in [0.29, 0.717) is 0 Å². The third kappa shape index (κ3) is 5.10. The van der Waals surface area contributed by atoms with Gasteiger partial charge in [-0.05, 0) is 5.92 Å². The molecule has 9 heavy (non-hydrogen) atoms. The highest BCUT2D eigenvalue weighted by atomic mass is 17.1. The minimum atomic E-state index is -1.05. The summed E-state index contributed by atoms with van der Waals surface area (Å²) in [5, 5.41) is 7.67. The zero-order chi connectivity index (χ0) is 7.28. The minimum Gasteiger partial charge on any atom is -0.432 e. The Morgan fingerprint density at radius 2 is 2.22 bits per heavy atom. The molecule has 54 valence electrons. The summed E-state index contributed by atoms with van der Waals surface area (Å²) in [6, 6.07) is 0. The Kier molecular flexibility index (Phi) is 3.79. The first-order chi connectivity index (χ1) is 4.16. The molecule has 0 unspecified atom stereocenters. The van der Waals surface area contributed by atoms with Crippen molar-refractivity contribution in [2.45, 2.75) is 13.8 Å². The van der Waals surface area contributed by atoms with E-state index in [1.54, 1.807) is 0 Å². The molecule has 0 aliphatic rings. The van der Waals surface area contributed by atoms with Gasteiger partial charge in [0.25, 0.3) is 0 Å². The van der Waals surface area contributed by atoms with Gasteiger partial charge in [0.05, 0.1) is 6.61 Å². The van der Waals surface area contributed by atoms with E-state index < -0.39 is 6.16 Å². The van der Waals surface area contributed by atoms with Crippen LogP contribution in [0.1, 0.15) is 13.8 Å². The molecule has 0 saturated carbocycles. The molecule has 0 fully saturated rings. The van der Waals surface area contributed by atoms with Crippen LogP contribution in [-0.4, -0.2) is 18.0 Å². The summed E-state index contributed by atoms with van der Waals surface area (Å²) in [5.74, 6) is 0.254. The van der Waals surface area contributed by atoms with Crippen molar-refractivity contribution < 1.29 is 19.7 Å². The summed E-state index contributed by atoms with van der Waals surface area (Å²) in [7, 11) is 0. The summed E-state index contributed by atoms with van der Waals surface area (Å²) in [5.41, 5.74) is 0. The van der Waals surface area contributed by atoms with Crippen LogP contribution >= 0.6 is 0 Å². The smallest absolute Gasteiger partial charge is 0.432 e. The first-order valence-corrected chi connectivity index (χ1v) is 2.65. The lowest BCUT2D eigenvalue weighted by atomic mass is 10.2. The number of carbonyl (C=O) groups excluding carboxylic acids is 1. The lowest BCUT2D eigenvalue weighted by Crippen LogP contribution is -2.09. The summed E-state index contributed by atoms with van der Waals surface area (Å²) < 4.78 is 4.34. The molecule has 0 bridgehead atoms. The van der Waals surface area contributed by atoms with Crippen LogP contribution in [0.5, 0.6) is 0 Å². The second-order valence-corrected chi connectivity index (χ2v) is 2.05. The topological polar surface area (TPSA) is 55.8 Å². The second-order valence-electron chi connectivity index (χ2n) is 2.05. The zero-order valence-electron chi connectivity index (χ0n) is 5.46. The molecule has 0 atom stereocenters. The summed E-state index contributed by atoms with van der Waals surface area (Å²) >= 11 is 0. The molecule has 0 radical (unpaired) electrons. The highest BCUT2D eigenvalue weighted by Gasteiger charge is 2.02. The fourth-order valence-electron chi connectivity index (χ4n) is 0.261. The maximum Gasteiger partial charge on any atom is 0.540 e. The van der Waals surface area contributed by atoms with Gasteiger partial charge in [-0.2, -0.15) is 5.26 Å². The van der Waals surface area contributed by atoms with Gasteiger partial charge in [0.15, 0.2) is 0 Å². The molecule has 1 N–H and O–H groups in total. The molecule has 0 aromatic carbocycles. The predicted octanol–water partition coefficient (Wildman–Crippen LogP) is 1.27. The van der Waals surface area contributed by atoms with Gasteiger partial charge in [0.1, 0.15) is 0 Å². The molecule has 0 rings (SSSR count). The number of carbonyl (C=O) groups is 1. The monoisotopic (exact) mass is 134 g/mol. The fourth-order valence-corrected chi connectivity index (χ4v) is 0.261. The molecule has 4 nitrogen and oxygen atoms in total. The molecular formula is C5H10O4. The highest BCUT2D eigenvalue weighted by molar-refractivity contribution is 5.58. The van der Waals surface area contributed by atoms with Crippen molar-refractivity contribution in [3.8, 4) is 0 Å². The maximum absolute atomic E-state index is 10.0. The number of ether oxygens (including phenoxy) is 1. The van der Waals surface area contributed by atoms with Crippen molar-refractivity contribution in [1.82, 2.24) is 0 Å². The lowest BCUT2D eigenvalue weighted by molar-refractivity contribution is -0.201. The van der Waals surface area contributed by atoms with Crippen molar-refractivity contribution in [2.24, 2.45) is 5.92 Å². The third-order valence-electron chi connectivity index (χ3n) is 0.609. The number of rotatable bonds is 2. The molecule has 0 heterocycles. The Hall–Kier alpha value is -0.770. The van der Waals surface area contributed by atoms with Gasteiger partial charge in [-0.25, -0.2) is 4.79 Å². The van der Waals surface area contributed by atoms with Crippen LogP contribution in [0.2, 0.25) is 0 Å². The standard InChI is InChI=1S/C5H10O4/c1-4(2)3-8-5(6)9-7/h4,7H,3H2,1-2H3. The first-order valence-electron chi connectivity index (χ1n) is 2.65. The molecule has 0 aliphatic carbocycles. The zero-order valence-corrected chi connectivity index (χ0v) is 5.46. The lowest BCUT2D eigenvalue weighted by Gasteiger charge is -2.02. The van der Waals surface area contributed by atoms with Gasteiger partial charge in [-0.15, -0.1) is 0 Å². The average molecular weight is 134 g/mol. The van der Waals surface area contributed by atoms with E-state index in [-0.39, 0.29) is 12.5 Å². The van der Waals surface area contributed by atoms with Gasteiger partial charge in [0.2, 0.25) is 0 Å². The van der Waals surface area contributed by atoms with Crippen molar-refractivity contribution in [3.63, 3.8) is 0 Å². The average Bonchev–Trinajstić information content (AvgIpc) is 1.83. The Labute approximate surface area is 53.3 Å². The van der Waals surface area contributed by atoms with Crippen LogP contribution in [0.25, 0.3) is 0 Å². The number of hydrogen-bond acceptors (Lipinski definition) is 4. The van der Waals surface area contributed by atoms with Crippen LogP contribution in [0.15, 0.2) is 0 Å². The maximum atomic E-state index is 10.0. The van der Waals surface area contributed by atoms with Gasteiger partial charge in [-0.3, -0.25) is 4.89 Å². The van der Waals surface area contributed by atoms with E-state index in [9.17, 15) is 4.79 Å². The highest BCUT2D eigenvalue weighted by Crippen LogP contribution is 1.93. The van der Waals surface area contributed by atoms with Crippen molar-refractivity contribution in [2.75, 3.05) is 6.61 Å². The Morgan fingerprint density at radius 3 is 2.56 bits per heavy atom. The number of hydrogen-bond donors (Lipinski definition) is 1. The molecule has 0 amide bonds. The van der Waals surface area contributed by atoms with Gasteiger partial charge >= 0.3 is 6.16 Å². The second kappa shape index (κ2) is 4.14. The van der Waals surface area contributed by atoms with Crippen molar-refractivity contribution >= 4 is 6.16 Å². The molecule has 0 aliphatic heterocycles. The van der Waals surface area contributed by atoms with Crippen molar-refractivity contribution in [3.05, 3.63) is 0 Å². The van der Waals surface area contributed by atoms with Crippen LogP contribution < -0.4 is 0 Å². The van der Waals surface area contributed by atoms with E-state index in [2.05, 4.69) is 9.62 Å². The molecule has 0 spiro atoms. The molecular weight excluding hydrogens is 124 g/mol. The van der Waals surface area contributed by atoms with Crippen LogP contribution in [0.4, 0.5) is 4.79 Å². The SMILES string of the molecule is CC(C)COC(=O)OO. The first kappa shape index (κ1) is 8.23. The Morgan fingerprint density at radius 1 is 1.67 bits per heavy atom. The van der Waals surface area contributed by atoms with E-state index >= 15 is 0 Å². The van der Waals surface area contributed by atoms with Gasteiger partial charge < -0.3 is 4.74 Å². The molecule has 4 heteroatoms. The summed E-state index contributed by atoms with van der Waals surface area (Å²) in [4.78, 5) is 13.3. The quantitative estimate of drug-likeness (QED) is 0.351. The van der Waals surface area contributed by atoms with E-state index in [4.69, 9.17) is 5.26 Å². The molecule has 0 saturated heterocycles. The Balaban J connectivity index is 3.17. The largest absolute Gasteiger partial charge is 0.540 e. The summed E-state index contributed by atoms with van der Waals surface area (Å²) in [6.45, 7) is 4.02. The van der Waals surface area contributed by atoms with Crippen molar-refractivity contribution in [1.29, 1.82) is 0 Å². The summed E-state index contributed by atoms with van der Waals surface area (Å²) in [6.07, 6.45) is -1.05.